The fourth-order valence-electron chi connectivity index (χ4n) is 2.65. The minimum absolute atomic E-state index is 0.262. The Labute approximate surface area is 121 Å². The molecule has 20 heavy (non-hydrogen) atoms. The maximum absolute atomic E-state index is 12.6. The van der Waals surface area contributed by atoms with Crippen LogP contribution < -0.4 is 10.5 Å². The van der Waals surface area contributed by atoms with Crippen LogP contribution in [0.3, 0.4) is 0 Å². The van der Waals surface area contributed by atoms with Gasteiger partial charge in [-0.3, -0.25) is 0 Å². The van der Waals surface area contributed by atoms with Gasteiger partial charge in [-0.2, -0.15) is 0 Å². The molecule has 5 heteroatoms. The van der Waals surface area contributed by atoms with Gasteiger partial charge in [0.2, 0.25) is 10.0 Å². The molecular formula is C15H24N2O2S. The van der Waals surface area contributed by atoms with Crippen LogP contribution in [0.5, 0.6) is 0 Å². The summed E-state index contributed by atoms with van der Waals surface area (Å²) in [4.78, 5) is 0.341. The van der Waals surface area contributed by atoms with Gasteiger partial charge in [0, 0.05) is 12.2 Å². The Balaban J connectivity index is 2.30. The fraction of sp³-hybridized carbons (Fsp3) is 0.600. The van der Waals surface area contributed by atoms with Crippen LogP contribution in [0.25, 0.3) is 0 Å². The predicted octanol–water partition coefficient (Wildman–Crippen LogP) is 2.52. The summed E-state index contributed by atoms with van der Waals surface area (Å²) < 4.78 is 27.9. The maximum atomic E-state index is 12.6. The summed E-state index contributed by atoms with van der Waals surface area (Å²) >= 11 is 0. The Morgan fingerprint density at radius 2 is 1.85 bits per heavy atom. The summed E-state index contributed by atoms with van der Waals surface area (Å²) in [5.41, 5.74) is 9.01. The van der Waals surface area contributed by atoms with Crippen LogP contribution in [0.4, 0.5) is 5.69 Å². The highest BCUT2D eigenvalue weighted by Gasteiger charge is 2.45. The lowest BCUT2D eigenvalue weighted by Crippen LogP contribution is -2.28. The SMILES string of the molecule is Cc1cc(N)c(C)c(S(=O)(=O)NCC2CC2(C)C)c1C. The zero-order chi connectivity index (χ0) is 15.3. The quantitative estimate of drug-likeness (QED) is 0.839. The minimum Gasteiger partial charge on any atom is -0.398 e. The summed E-state index contributed by atoms with van der Waals surface area (Å²) in [7, 11) is -3.50. The van der Waals surface area contributed by atoms with Crippen molar-refractivity contribution in [2.45, 2.75) is 45.9 Å². The van der Waals surface area contributed by atoms with Crippen LogP contribution in [0.2, 0.25) is 0 Å². The number of aryl methyl sites for hydroxylation is 1. The third-order valence-corrected chi connectivity index (χ3v) is 6.28. The summed E-state index contributed by atoms with van der Waals surface area (Å²) in [6, 6.07) is 1.83. The van der Waals surface area contributed by atoms with Crippen molar-refractivity contribution in [2.75, 3.05) is 12.3 Å². The van der Waals surface area contributed by atoms with E-state index in [-0.39, 0.29) is 5.41 Å². The number of anilines is 1. The van der Waals surface area contributed by atoms with Crippen LogP contribution in [0.1, 0.15) is 37.0 Å². The zero-order valence-electron chi connectivity index (χ0n) is 12.9. The van der Waals surface area contributed by atoms with Gasteiger partial charge in [0.15, 0.2) is 0 Å². The van der Waals surface area contributed by atoms with Gasteiger partial charge in [0.05, 0.1) is 4.90 Å². The minimum atomic E-state index is -3.50. The number of hydrogen-bond acceptors (Lipinski definition) is 3. The molecule has 0 radical (unpaired) electrons. The largest absolute Gasteiger partial charge is 0.398 e. The zero-order valence-corrected chi connectivity index (χ0v) is 13.7. The first-order valence-electron chi connectivity index (χ1n) is 6.92. The third-order valence-electron chi connectivity index (χ3n) is 4.58. The number of rotatable bonds is 4. The number of benzene rings is 1. The molecule has 1 aromatic rings. The number of sulfonamides is 1. The average Bonchev–Trinajstić information content (AvgIpc) is 2.92. The maximum Gasteiger partial charge on any atom is 0.241 e. The molecule has 0 amide bonds. The lowest BCUT2D eigenvalue weighted by atomic mass is 10.1. The van der Waals surface area contributed by atoms with E-state index in [0.29, 0.717) is 28.6 Å². The molecule has 1 unspecified atom stereocenters. The van der Waals surface area contributed by atoms with Crippen molar-refractivity contribution in [1.82, 2.24) is 4.72 Å². The van der Waals surface area contributed by atoms with E-state index in [1.165, 1.54) is 0 Å². The first-order valence-corrected chi connectivity index (χ1v) is 8.40. The summed E-state index contributed by atoms with van der Waals surface area (Å²) in [5.74, 6) is 0.431. The highest BCUT2D eigenvalue weighted by molar-refractivity contribution is 7.89. The van der Waals surface area contributed by atoms with E-state index in [1.54, 1.807) is 6.92 Å². The standard InChI is InChI=1S/C15H24N2O2S/c1-9-6-13(16)11(3)14(10(9)2)20(18,19)17-8-12-7-15(12,4)5/h6,12,17H,7-8,16H2,1-5H3. The van der Waals surface area contributed by atoms with E-state index in [2.05, 4.69) is 18.6 Å². The predicted molar refractivity (Wildman–Crippen MR) is 82.1 cm³/mol. The lowest BCUT2D eigenvalue weighted by Gasteiger charge is -2.16. The molecule has 1 fully saturated rings. The number of hydrogen-bond donors (Lipinski definition) is 2. The van der Waals surface area contributed by atoms with Crippen LogP contribution in [-0.2, 0) is 10.0 Å². The van der Waals surface area contributed by atoms with Crippen LogP contribution in [0.15, 0.2) is 11.0 Å². The average molecular weight is 296 g/mol. The summed E-state index contributed by atoms with van der Waals surface area (Å²) in [6.45, 7) is 10.3. The Hall–Kier alpha value is -1.07. The molecule has 0 saturated heterocycles. The molecule has 4 nitrogen and oxygen atoms in total. The van der Waals surface area contributed by atoms with Gasteiger partial charge in [-0.1, -0.05) is 13.8 Å². The molecule has 0 heterocycles. The van der Waals surface area contributed by atoms with Crippen molar-refractivity contribution in [3.63, 3.8) is 0 Å². The molecule has 0 aliphatic heterocycles. The Bertz CT molecular complexity index is 622. The Morgan fingerprint density at radius 3 is 2.35 bits per heavy atom. The number of nitrogen functional groups attached to an aromatic ring is 1. The van der Waals surface area contributed by atoms with Crippen molar-refractivity contribution >= 4 is 15.7 Å². The van der Waals surface area contributed by atoms with Crippen molar-refractivity contribution in [2.24, 2.45) is 11.3 Å². The van der Waals surface area contributed by atoms with E-state index in [0.717, 1.165) is 17.5 Å². The van der Waals surface area contributed by atoms with Gasteiger partial charge in [-0.25, -0.2) is 13.1 Å². The van der Waals surface area contributed by atoms with Gasteiger partial charge < -0.3 is 5.73 Å². The molecule has 2 rings (SSSR count). The summed E-state index contributed by atoms with van der Waals surface area (Å²) in [5, 5.41) is 0. The molecule has 1 aromatic carbocycles. The highest BCUT2D eigenvalue weighted by atomic mass is 32.2. The van der Waals surface area contributed by atoms with Gasteiger partial charge in [-0.15, -0.1) is 0 Å². The molecule has 112 valence electrons. The molecule has 1 aliphatic carbocycles. The van der Waals surface area contributed by atoms with Crippen molar-refractivity contribution < 1.29 is 8.42 Å². The summed E-state index contributed by atoms with van der Waals surface area (Å²) in [6.07, 6.45) is 1.07. The van der Waals surface area contributed by atoms with Crippen LogP contribution in [-0.4, -0.2) is 15.0 Å². The van der Waals surface area contributed by atoms with Crippen molar-refractivity contribution in [3.05, 3.63) is 22.8 Å². The first-order chi connectivity index (χ1) is 9.06. The lowest BCUT2D eigenvalue weighted by molar-refractivity contribution is 0.537. The Kier molecular flexibility index (Phi) is 3.63. The smallest absolute Gasteiger partial charge is 0.241 e. The van der Waals surface area contributed by atoms with E-state index in [9.17, 15) is 8.42 Å². The fourth-order valence-corrected chi connectivity index (χ4v) is 4.30. The second-order valence-corrected chi connectivity index (χ2v) is 8.31. The highest BCUT2D eigenvalue weighted by Crippen LogP contribution is 2.51. The topological polar surface area (TPSA) is 72.2 Å². The van der Waals surface area contributed by atoms with Gasteiger partial charge in [-0.05, 0) is 61.3 Å². The molecule has 0 aromatic heterocycles. The molecule has 0 bridgehead atoms. The second-order valence-electron chi connectivity index (χ2n) is 6.60. The van der Waals surface area contributed by atoms with Gasteiger partial charge in [0.1, 0.15) is 0 Å². The molecule has 0 spiro atoms. The normalized spacial score (nSPS) is 20.9. The van der Waals surface area contributed by atoms with Gasteiger partial charge in [0.25, 0.3) is 0 Å². The molecule has 1 atom stereocenters. The monoisotopic (exact) mass is 296 g/mol. The van der Waals surface area contributed by atoms with Crippen molar-refractivity contribution in [1.29, 1.82) is 0 Å². The first kappa shape index (κ1) is 15.3. The van der Waals surface area contributed by atoms with E-state index >= 15 is 0 Å². The van der Waals surface area contributed by atoms with E-state index in [4.69, 9.17) is 5.73 Å². The van der Waals surface area contributed by atoms with E-state index in [1.807, 2.05) is 19.9 Å². The Morgan fingerprint density at radius 1 is 1.30 bits per heavy atom. The molecular weight excluding hydrogens is 272 g/mol. The van der Waals surface area contributed by atoms with Crippen LogP contribution in [0, 0.1) is 32.1 Å². The molecule has 3 N–H and O–H groups in total. The third kappa shape index (κ3) is 2.69. The number of nitrogens with one attached hydrogen (secondary N) is 1. The second kappa shape index (κ2) is 4.74. The molecule has 1 aliphatic rings. The van der Waals surface area contributed by atoms with Gasteiger partial charge >= 0.3 is 0 Å². The number of nitrogens with two attached hydrogens (primary N) is 1. The molecule has 1 saturated carbocycles. The van der Waals surface area contributed by atoms with Crippen LogP contribution >= 0.6 is 0 Å². The van der Waals surface area contributed by atoms with Crippen molar-refractivity contribution in [3.8, 4) is 0 Å². The van der Waals surface area contributed by atoms with E-state index < -0.39 is 10.0 Å².